The molecule has 3 N–H and O–H groups in total. The van der Waals surface area contributed by atoms with E-state index in [9.17, 15) is 19.5 Å². The van der Waals surface area contributed by atoms with E-state index in [-0.39, 0.29) is 42.5 Å². The number of ether oxygens (including phenoxy) is 4. The SMILES string of the molecule is CCC1CC1(CCC1CC(Oc2cc(-c3csc(NC(C)C)n3)nc3c(Cl)c(OCCN4CCOCC4)ccc23)CN1C(=O)C(NC(=O)OC1CC2CC2C1)C(C)C)C(=O)O. The molecule has 5 aliphatic rings. The van der Waals surface area contributed by atoms with Gasteiger partial charge in [-0.2, -0.15) is 0 Å². The Labute approximate surface area is 367 Å². The maximum Gasteiger partial charge on any atom is 0.408 e. The van der Waals surface area contributed by atoms with Crippen molar-refractivity contribution in [1.29, 1.82) is 0 Å². The van der Waals surface area contributed by atoms with Crippen LogP contribution in [0.4, 0.5) is 9.93 Å². The quantitative estimate of drug-likeness (QED) is 0.114. The lowest BCUT2D eigenvalue weighted by atomic mass is 9.92. The predicted octanol–water partition coefficient (Wildman–Crippen LogP) is 7.72. The van der Waals surface area contributed by atoms with E-state index in [0.29, 0.717) is 96.2 Å². The molecular weight excluding hydrogens is 820 g/mol. The molecular formula is C45H61ClN6O8S. The molecule has 14 nitrogen and oxygen atoms in total. The van der Waals surface area contributed by atoms with Crippen LogP contribution in [0.5, 0.6) is 11.5 Å². The monoisotopic (exact) mass is 880 g/mol. The number of benzene rings is 1. The van der Waals surface area contributed by atoms with Gasteiger partial charge in [0.15, 0.2) is 5.13 Å². The summed E-state index contributed by atoms with van der Waals surface area (Å²) in [7, 11) is 0. The summed E-state index contributed by atoms with van der Waals surface area (Å²) in [6.07, 6.45) is 4.72. The Bertz CT molecular complexity index is 2070. The molecule has 7 atom stereocenters. The van der Waals surface area contributed by atoms with Crippen molar-refractivity contribution in [2.24, 2.45) is 29.1 Å². The number of halogens is 1. The lowest BCUT2D eigenvalue weighted by Gasteiger charge is -2.31. The number of aromatic nitrogens is 2. The number of nitrogens with zero attached hydrogens (tertiary/aromatic N) is 4. The molecule has 7 unspecified atom stereocenters. The summed E-state index contributed by atoms with van der Waals surface area (Å²) in [5.41, 5.74) is 0.972. The first-order valence-corrected chi connectivity index (χ1v) is 23.5. The molecule has 0 bridgehead atoms. The predicted molar refractivity (Wildman–Crippen MR) is 234 cm³/mol. The van der Waals surface area contributed by atoms with E-state index in [1.54, 1.807) is 4.90 Å². The summed E-state index contributed by atoms with van der Waals surface area (Å²) in [4.78, 5) is 54.4. The number of aliphatic carboxylic acids is 1. The molecule has 0 spiro atoms. The van der Waals surface area contributed by atoms with E-state index in [0.717, 1.165) is 44.0 Å². The minimum atomic E-state index is -0.824. The number of thiazole rings is 1. The molecule has 2 amide bonds. The largest absolute Gasteiger partial charge is 0.491 e. The van der Waals surface area contributed by atoms with E-state index in [1.807, 2.05) is 44.4 Å². The molecule has 2 aromatic heterocycles. The smallest absolute Gasteiger partial charge is 0.408 e. The molecule has 332 valence electrons. The van der Waals surface area contributed by atoms with Gasteiger partial charge in [-0.25, -0.2) is 14.8 Å². The molecule has 1 aromatic carbocycles. The van der Waals surface area contributed by atoms with E-state index in [4.69, 9.17) is 40.5 Å². The number of hydrogen-bond acceptors (Lipinski definition) is 12. The van der Waals surface area contributed by atoms with Crippen LogP contribution in [0.1, 0.15) is 86.0 Å². The first-order chi connectivity index (χ1) is 29.3. The normalized spacial score (nSPS) is 27.6. The van der Waals surface area contributed by atoms with Gasteiger partial charge in [-0.1, -0.05) is 38.8 Å². The minimum absolute atomic E-state index is 0.116. The maximum atomic E-state index is 14.6. The number of fused-ring (bicyclic) bond motifs is 2. The molecule has 3 aromatic rings. The fraction of sp³-hybridized carbons (Fsp3) is 0.667. The zero-order chi connectivity index (χ0) is 43.0. The number of pyridine rings is 1. The van der Waals surface area contributed by atoms with Crippen LogP contribution >= 0.6 is 22.9 Å². The number of alkyl carbamates (subject to hydrolysis) is 1. The fourth-order valence-corrected chi connectivity index (χ4v) is 10.9. The maximum absolute atomic E-state index is 14.6. The highest BCUT2D eigenvalue weighted by Crippen LogP contribution is 2.58. The standard InChI is InChI=1S/C45H61ClN6O8S/c1-6-29-22-45(29,42(54)55)10-9-30-20-32(23-52(30)41(53)39(25(2)3)50-44(56)60-31-18-27-17-28(27)19-31)59-37-21-34(35-24-61-43(49-35)47-26(4)5)48-40-33(37)7-8-36(38(40)46)58-16-13-51-11-14-57-15-12-51/h7-8,21,24-32,39H,6,9-20,22-23H2,1-5H3,(H,47,49)(H,50,56)(H,54,55). The number of rotatable bonds is 18. The number of hydrogen-bond donors (Lipinski definition) is 3. The summed E-state index contributed by atoms with van der Waals surface area (Å²) in [6, 6.07) is 4.70. The van der Waals surface area contributed by atoms with Crippen molar-refractivity contribution >= 4 is 56.9 Å². The van der Waals surface area contributed by atoms with Crippen molar-refractivity contribution < 1.29 is 38.4 Å². The van der Waals surface area contributed by atoms with E-state index in [1.165, 1.54) is 17.8 Å². The number of carbonyl (C=O) groups is 3. The van der Waals surface area contributed by atoms with Gasteiger partial charge < -0.3 is 39.6 Å². The van der Waals surface area contributed by atoms with Crippen LogP contribution in [0.25, 0.3) is 22.3 Å². The van der Waals surface area contributed by atoms with Crippen LogP contribution in [0.3, 0.4) is 0 Å². The third-order valence-corrected chi connectivity index (χ3v) is 14.6. The third kappa shape index (κ3) is 9.84. The topological polar surface area (TPSA) is 165 Å². The average Bonchev–Trinajstić information content (AvgIpc) is 3.93. The molecule has 8 rings (SSSR count). The van der Waals surface area contributed by atoms with Crippen molar-refractivity contribution in [3.63, 3.8) is 0 Å². The van der Waals surface area contributed by atoms with Crippen molar-refractivity contribution in [2.75, 3.05) is 51.3 Å². The van der Waals surface area contributed by atoms with Gasteiger partial charge in [-0.3, -0.25) is 14.5 Å². The van der Waals surface area contributed by atoms with E-state index in [2.05, 4.69) is 29.4 Å². The number of carboxylic acid groups (broad SMARTS) is 1. The summed E-state index contributed by atoms with van der Waals surface area (Å²) in [5.74, 6) is 1.27. The number of carboxylic acids is 1. The Hall–Kier alpha value is -3.92. The van der Waals surface area contributed by atoms with Crippen molar-refractivity contribution in [2.45, 2.75) is 116 Å². The highest BCUT2D eigenvalue weighted by Gasteiger charge is 2.59. The fourth-order valence-electron chi connectivity index (χ4n) is 9.82. The molecule has 4 heterocycles. The second kappa shape index (κ2) is 18.4. The molecule has 16 heteroatoms. The van der Waals surface area contributed by atoms with Crippen molar-refractivity contribution in [1.82, 2.24) is 25.1 Å². The third-order valence-electron chi connectivity index (χ3n) is 13.5. The zero-order valence-corrected chi connectivity index (χ0v) is 37.6. The Morgan fingerprint density at radius 1 is 1.03 bits per heavy atom. The zero-order valence-electron chi connectivity index (χ0n) is 36.0. The summed E-state index contributed by atoms with van der Waals surface area (Å²) < 4.78 is 24.5. The Morgan fingerprint density at radius 2 is 1.80 bits per heavy atom. The number of carbonyl (C=O) groups excluding carboxylic acids is 2. The summed E-state index contributed by atoms with van der Waals surface area (Å²) >= 11 is 8.62. The number of nitrogens with one attached hydrogen (secondary N) is 2. The van der Waals surface area contributed by atoms with Crippen LogP contribution in [-0.2, 0) is 19.1 Å². The summed E-state index contributed by atoms with van der Waals surface area (Å²) in [6.45, 7) is 14.5. The molecule has 0 radical (unpaired) electrons. The van der Waals surface area contributed by atoms with Crippen LogP contribution in [0.2, 0.25) is 5.02 Å². The van der Waals surface area contributed by atoms with Crippen LogP contribution in [-0.4, -0.2) is 119 Å². The molecule has 61 heavy (non-hydrogen) atoms. The van der Waals surface area contributed by atoms with Gasteiger partial charge in [0.2, 0.25) is 5.91 Å². The van der Waals surface area contributed by atoms with E-state index < -0.39 is 29.6 Å². The van der Waals surface area contributed by atoms with Crippen LogP contribution in [0.15, 0.2) is 23.6 Å². The first kappa shape index (κ1) is 43.7. The van der Waals surface area contributed by atoms with Crippen LogP contribution in [0, 0.1) is 29.1 Å². The average molecular weight is 882 g/mol. The Balaban J connectivity index is 1.06. The van der Waals surface area contributed by atoms with Crippen molar-refractivity contribution in [3.05, 3.63) is 28.6 Å². The van der Waals surface area contributed by atoms with E-state index >= 15 is 0 Å². The Kier molecular flexibility index (Phi) is 13.2. The van der Waals surface area contributed by atoms with Gasteiger partial charge in [0.05, 0.1) is 36.4 Å². The minimum Gasteiger partial charge on any atom is -0.491 e. The Morgan fingerprint density at radius 3 is 2.49 bits per heavy atom. The van der Waals surface area contributed by atoms with Crippen molar-refractivity contribution in [3.8, 4) is 22.9 Å². The highest BCUT2D eigenvalue weighted by molar-refractivity contribution is 7.14. The second-order valence-corrected chi connectivity index (χ2v) is 19.7. The summed E-state index contributed by atoms with van der Waals surface area (Å²) in [5, 5.41) is 20.4. The highest BCUT2D eigenvalue weighted by atomic mass is 35.5. The van der Waals surface area contributed by atoms with Gasteiger partial charge in [0.25, 0.3) is 0 Å². The molecule has 5 fully saturated rings. The van der Waals surface area contributed by atoms with Gasteiger partial charge >= 0.3 is 12.1 Å². The number of morpholine rings is 1. The van der Waals surface area contributed by atoms with Gasteiger partial charge in [-0.05, 0) is 88.2 Å². The van der Waals surface area contributed by atoms with Gasteiger partial charge in [-0.15, -0.1) is 11.3 Å². The number of likely N-dealkylation sites (tertiary alicyclic amines) is 1. The molecule has 3 saturated carbocycles. The van der Waals surface area contributed by atoms with Gasteiger partial charge in [0.1, 0.15) is 47.1 Å². The number of amides is 2. The van der Waals surface area contributed by atoms with Crippen LogP contribution < -0.4 is 20.1 Å². The second-order valence-electron chi connectivity index (χ2n) is 18.5. The molecule has 3 aliphatic carbocycles. The molecule has 2 aliphatic heterocycles. The molecule has 2 saturated heterocycles. The van der Waals surface area contributed by atoms with Gasteiger partial charge in [0, 0.05) is 55.0 Å². The lowest BCUT2D eigenvalue weighted by Crippen LogP contribution is -2.53. The lowest BCUT2D eigenvalue weighted by molar-refractivity contribution is -0.144. The first-order valence-electron chi connectivity index (χ1n) is 22.3. The number of anilines is 1.